The third-order valence-electron chi connectivity index (χ3n) is 5.92. The van der Waals surface area contributed by atoms with Gasteiger partial charge in [-0.3, -0.25) is 0 Å². The van der Waals surface area contributed by atoms with Gasteiger partial charge in [-0.25, -0.2) is 0 Å². The summed E-state index contributed by atoms with van der Waals surface area (Å²) in [6, 6.07) is 0. The first-order chi connectivity index (χ1) is 9.24. The van der Waals surface area contributed by atoms with Crippen molar-refractivity contribution in [2.45, 2.75) is 84.5 Å². The fraction of sp³-hybridized carbons (Fsp3) is 1.00. The average Bonchev–Trinajstić information content (AvgIpc) is 2.47. The maximum absolute atomic E-state index is 2.74. The van der Waals surface area contributed by atoms with Crippen molar-refractivity contribution in [3.63, 3.8) is 0 Å². The lowest BCUT2D eigenvalue weighted by Crippen LogP contribution is -2.43. The Morgan fingerprint density at radius 3 is 2.26 bits per heavy atom. The van der Waals surface area contributed by atoms with Gasteiger partial charge in [-0.1, -0.05) is 52.4 Å². The van der Waals surface area contributed by atoms with Gasteiger partial charge in [0.2, 0.25) is 0 Å². The van der Waals surface area contributed by atoms with Crippen LogP contribution in [0.5, 0.6) is 0 Å². The van der Waals surface area contributed by atoms with Gasteiger partial charge in [0.1, 0.15) is 0 Å². The molecule has 19 heavy (non-hydrogen) atoms. The Kier molecular flexibility index (Phi) is 6.19. The molecule has 2 fully saturated rings. The monoisotopic (exact) mass is 265 g/mol. The van der Waals surface area contributed by atoms with Crippen molar-refractivity contribution in [1.82, 2.24) is 4.90 Å². The first-order valence-electron chi connectivity index (χ1n) is 8.97. The van der Waals surface area contributed by atoms with E-state index in [1.807, 2.05) is 0 Å². The zero-order valence-electron chi connectivity index (χ0n) is 13.4. The van der Waals surface area contributed by atoms with Crippen LogP contribution in [0.3, 0.4) is 0 Å². The highest BCUT2D eigenvalue weighted by atomic mass is 15.1. The minimum Gasteiger partial charge on any atom is -0.303 e. The molecule has 0 unspecified atom stereocenters. The summed E-state index contributed by atoms with van der Waals surface area (Å²) in [5, 5.41) is 0. The van der Waals surface area contributed by atoms with E-state index in [1.54, 1.807) is 0 Å². The van der Waals surface area contributed by atoms with Gasteiger partial charge in [-0.2, -0.15) is 0 Å². The summed E-state index contributed by atoms with van der Waals surface area (Å²) in [5.74, 6) is 1.04. The van der Waals surface area contributed by atoms with Crippen molar-refractivity contribution >= 4 is 0 Å². The van der Waals surface area contributed by atoms with Crippen molar-refractivity contribution in [3.05, 3.63) is 0 Å². The van der Waals surface area contributed by atoms with E-state index in [2.05, 4.69) is 18.7 Å². The summed E-state index contributed by atoms with van der Waals surface area (Å²) >= 11 is 0. The molecular formula is C18H35N. The van der Waals surface area contributed by atoms with E-state index >= 15 is 0 Å². The number of nitrogens with zero attached hydrogens (tertiary/aromatic N) is 1. The van der Waals surface area contributed by atoms with Crippen LogP contribution < -0.4 is 0 Å². The molecule has 0 spiro atoms. The topological polar surface area (TPSA) is 3.24 Å². The molecule has 2 aliphatic rings. The van der Waals surface area contributed by atoms with E-state index in [4.69, 9.17) is 0 Å². The normalized spacial score (nSPS) is 25.6. The third kappa shape index (κ3) is 4.48. The quantitative estimate of drug-likeness (QED) is 0.593. The fourth-order valence-corrected chi connectivity index (χ4v) is 4.26. The lowest BCUT2D eigenvalue weighted by Gasteiger charge is -2.46. The highest BCUT2D eigenvalue weighted by Crippen LogP contribution is 2.45. The van der Waals surface area contributed by atoms with Gasteiger partial charge in [0.25, 0.3) is 0 Å². The fourth-order valence-electron chi connectivity index (χ4n) is 4.26. The molecule has 1 saturated carbocycles. The molecule has 0 atom stereocenters. The lowest BCUT2D eigenvalue weighted by molar-refractivity contribution is 0.0445. The van der Waals surface area contributed by atoms with E-state index in [-0.39, 0.29) is 0 Å². The zero-order valence-corrected chi connectivity index (χ0v) is 13.4. The van der Waals surface area contributed by atoms with Crippen LogP contribution >= 0.6 is 0 Å². The summed E-state index contributed by atoms with van der Waals surface area (Å²) in [7, 11) is 0. The van der Waals surface area contributed by atoms with E-state index in [0.717, 1.165) is 5.92 Å². The molecule has 112 valence electrons. The first kappa shape index (κ1) is 15.4. The minimum absolute atomic E-state index is 0.681. The van der Waals surface area contributed by atoms with Crippen LogP contribution in [0.25, 0.3) is 0 Å². The van der Waals surface area contributed by atoms with Gasteiger partial charge in [-0.15, -0.1) is 0 Å². The molecule has 1 nitrogen and oxygen atoms in total. The SMILES string of the molecule is CCCCCCN1CCC(C)(C2CCCCC2)CC1. The van der Waals surface area contributed by atoms with Crippen molar-refractivity contribution in [3.8, 4) is 0 Å². The van der Waals surface area contributed by atoms with Gasteiger partial charge in [0, 0.05) is 0 Å². The molecule has 0 N–H and O–H groups in total. The van der Waals surface area contributed by atoms with E-state index in [0.29, 0.717) is 5.41 Å². The molecule has 2 rings (SSSR count). The molecule has 0 aromatic heterocycles. The van der Waals surface area contributed by atoms with Crippen molar-refractivity contribution in [1.29, 1.82) is 0 Å². The Morgan fingerprint density at radius 1 is 0.947 bits per heavy atom. The van der Waals surface area contributed by atoms with Crippen LogP contribution in [0.1, 0.15) is 84.5 Å². The van der Waals surface area contributed by atoms with E-state index < -0.39 is 0 Å². The standard InChI is InChI=1S/C18H35N/c1-3-4-5-9-14-19-15-12-18(2,13-16-19)17-10-7-6-8-11-17/h17H,3-16H2,1-2H3. The van der Waals surface area contributed by atoms with Crippen LogP contribution in [-0.2, 0) is 0 Å². The van der Waals surface area contributed by atoms with Gasteiger partial charge >= 0.3 is 0 Å². The number of hydrogen-bond donors (Lipinski definition) is 0. The van der Waals surface area contributed by atoms with Gasteiger partial charge in [0.05, 0.1) is 0 Å². The molecule has 1 aliphatic heterocycles. The van der Waals surface area contributed by atoms with Crippen LogP contribution in [0.2, 0.25) is 0 Å². The van der Waals surface area contributed by atoms with Crippen molar-refractivity contribution < 1.29 is 0 Å². The maximum Gasteiger partial charge on any atom is -0.00134 e. The molecule has 0 aromatic rings. The van der Waals surface area contributed by atoms with Crippen LogP contribution in [0, 0.1) is 11.3 Å². The predicted molar refractivity (Wildman–Crippen MR) is 84.5 cm³/mol. The maximum atomic E-state index is 2.74. The van der Waals surface area contributed by atoms with Crippen LogP contribution in [0.4, 0.5) is 0 Å². The Bertz CT molecular complexity index is 234. The second-order valence-electron chi connectivity index (χ2n) is 7.39. The van der Waals surface area contributed by atoms with E-state index in [1.165, 1.54) is 90.3 Å². The number of piperidine rings is 1. The van der Waals surface area contributed by atoms with E-state index in [9.17, 15) is 0 Å². The number of rotatable bonds is 6. The molecule has 1 heteroatoms. The molecule has 1 saturated heterocycles. The molecule has 0 amide bonds. The third-order valence-corrected chi connectivity index (χ3v) is 5.92. The summed E-state index contributed by atoms with van der Waals surface area (Å²) in [6.45, 7) is 9.01. The lowest BCUT2D eigenvalue weighted by atomic mass is 9.65. The largest absolute Gasteiger partial charge is 0.303 e. The molecule has 0 aromatic carbocycles. The Labute approximate surface area is 121 Å². The molecule has 0 radical (unpaired) electrons. The van der Waals surface area contributed by atoms with Gasteiger partial charge in [0.15, 0.2) is 0 Å². The number of unbranched alkanes of at least 4 members (excludes halogenated alkanes) is 3. The summed E-state index contributed by atoms with van der Waals surface area (Å²) < 4.78 is 0. The molecule has 0 bridgehead atoms. The Hall–Kier alpha value is -0.0400. The molecule has 1 heterocycles. The minimum atomic E-state index is 0.681. The summed E-state index contributed by atoms with van der Waals surface area (Å²) in [5.41, 5.74) is 0.681. The highest BCUT2D eigenvalue weighted by molar-refractivity contribution is 4.89. The smallest absolute Gasteiger partial charge is 0.00134 e. The van der Waals surface area contributed by atoms with Crippen molar-refractivity contribution in [2.75, 3.05) is 19.6 Å². The Balaban J connectivity index is 1.68. The molecule has 1 aliphatic carbocycles. The van der Waals surface area contributed by atoms with Crippen molar-refractivity contribution in [2.24, 2.45) is 11.3 Å². The Morgan fingerprint density at radius 2 is 1.63 bits per heavy atom. The van der Waals surface area contributed by atoms with Gasteiger partial charge in [-0.05, 0) is 63.1 Å². The first-order valence-corrected chi connectivity index (χ1v) is 8.97. The predicted octanol–water partition coefficient (Wildman–Crippen LogP) is 5.25. The molecular weight excluding hydrogens is 230 g/mol. The zero-order chi connectivity index (χ0) is 13.6. The van der Waals surface area contributed by atoms with Crippen LogP contribution in [-0.4, -0.2) is 24.5 Å². The number of hydrogen-bond acceptors (Lipinski definition) is 1. The number of likely N-dealkylation sites (tertiary alicyclic amines) is 1. The second-order valence-corrected chi connectivity index (χ2v) is 7.39. The second kappa shape index (κ2) is 7.67. The summed E-state index contributed by atoms with van der Waals surface area (Å²) in [4.78, 5) is 2.74. The van der Waals surface area contributed by atoms with Gasteiger partial charge < -0.3 is 4.90 Å². The average molecular weight is 265 g/mol. The summed E-state index contributed by atoms with van der Waals surface area (Å²) in [6.07, 6.45) is 16.1. The highest BCUT2D eigenvalue weighted by Gasteiger charge is 2.37. The van der Waals surface area contributed by atoms with Crippen LogP contribution in [0.15, 0.2) is 0 Å².